The van der Waals surface area contributed by atoms with Gasteiger partial charge in [0.1, 0.15) is 6.04 Å². The van der Waals surface area contributed by atoms with Crippen LogP contribution in [0, 0.1) is 6.92 Å². The lowest BCUT2D eigenvalue weighted by Gasteiger charge is -2.32. The molecule has 0 aliphatic heterocycles. The summed E-state index contributed by atoms with van der Waals surface area (Å²) in [7, 11) is 0. The molecule has 0 fully saturated rings. The van der Waals surface area contributed by atoms with Crippen LogP contribution in [0.1, 0.15) is 50.3 Å². The molecule has 1 N–H and O–H groups in total. The summed E-state index contributed by atoms with van der Waals surface area (Å²) in [6.45, 7) is 8.12. The van der Waals surface area contributed by atoms with E-state index in [4.69, 9.17) is 23.2 Å². The van der Waals surface area contributed by atoms with Crippen LogP contribution >= 0.6 is 23.2 Å². The van der Waals surface area contributed by atoms with Crippen LogP contribution in [0.2, 0.25) is 10.0 Å². The van der Waals surface area contributed by atoms with Crippen molar-refractivity contribution in [2.45, 2.75) is 65.6 Å². The summed E-state index contributed by atoms with van der Waals surface area (Å²) in [4.78, 5) is 27.9. The number of carbonyl (C=O) groups excluding carboxylic acids is 2. The molecule has 2 unspecified atom stereocenters. The van der Waals surface area contributed by atoms with Crippen LogP contribution in [0.3, 0.4) is 0 Å². The molecule has 0 radical (unpaired) electrons. The van der Waals surface area contributed by atoms with Crippen LogP contribution in [0.15, 0.2) is 42.5 Å². The molecular formula is C24H30Cl2N2O2. The Hall–Kier alpha value is -2.04. The van der Waals surface area contributed by atoms with Gasteiger partial charge in [-0.2, -0.15) is 0 Å². The predicted molar refractivity (Wildman–Crippen MR) is 124 cm³/mol. The topological polar surface area (TPSA) is 49.4 Å². The Morgan fingerprint density at radius 2 is 1.80 bits per heavy atom. The molecule has 4 nitrogen and oxygen atoms in total. The first-order chi connectivity index (χ1) is 14.2. The molecule has 2 aromatic rings. The summed E-state index contributed by atoms with van der Waals surface area (Å²) in [5, 5.41) is 4.02. The van der Waals surface area contributed by atoms with Gasteiger partial charge in [-0.25, -0.2) is 0 Å². The molecule has 162 valence electrons. The molecule has 2 amide bonds. The average molecular weight is 449 g/mol. The lowest BCUT2D eigenvalue weighted by Crippen LogP contribution is -2.51. The van der Waals surface area contributed by atoms with Gasteiger partial charge in [-0.15, -0.1) is 0 Å². The SMILES string of the molecule is CCC(C)NC(=O)C(CC)N(Cc1ccc(Cl)cc1Cl)C(=O)Cc1cccc(C)c1. The first kappa shape index (κ1) is 24.2. The van der Waals surface area contributed by atoms with E-state index in [9.17, 15) is 9.59 Å². The van der Waals surface area contributed by atoms with Gasteiger partial charge in [-0.3, -0.25) is 9.59 Å². The minimum Gasteiger partial charge on any atom is -0.352 e. The van der Waals surface area contributed by atoms with Crippen molar-refractivity contribution in [3.63, 3.8) is 0 Å². The summed E-state index contributed by atoms with van der Waals surface area (Å²) in [6, 6.07) is 12.5. The van der Waals surface area contributed by atoms with Gasteiger partial charge in [0.15, 0.2) is 0 Å². The Bertz CT molecular complexity index is 885. The van der Waals surface area contributed by atoms with Crippen molar-refractivity contribution in [1.29, 1.82) is 0 Å². The first-order valence-electron chi connectivity index (χ1n) is 10.3. The second-order valence-electron chi connectivity index (χ2n) is 7.67. The number of nitrogens with one attached hydrogen (secondary N) is 1. The molecule has 0 saturated carbocycles. The standard InChI is InChI=1S/C24H30Cl2N2O2/c1-5-17(4)27-24(30)22(6-2)28(15-19-10-11-20(25)14-21(19)26)23(29)13-18-9-7-8-16(3)12-18/h7-12,14,17,22H,5-6,13,15H2,1-4H3,(H,27,30). The number of carbonyl (C=O) groups is 2. The summed E-state index contributed by atoms with van der Waals surface area (Å²) < 4.78 is 0. The van der Waals surface area contributed by atoms with Crippen molar-refractivity contribution in [3.8, 4) is 0 Å². The number of halogens is 2. The van der Waals surface area contributed by atoms with Crippen LogP contribution in [-0.4, -0.2) is 28.8 Å². The number of hydrogen-bond acceptors (Lipinski definition) is 2. The zero-order valence-corrected chi connectivity index (χ0v) is 19.6. The van der Waals surface area contributed by atoms with Crippen LogP contribution in [0.25, 0.3) is 0 Å². The fraction of sp³-hybridized carbons (Fsp3) is 0.417. The minimum absolute atomic E-state index is 0.0411. The lowest BCUT2D eigenvalue weighted by molar-refractivity contribution is -0.141. The highest BCUT2D eigenvalue weighted by atomic mass is 35.5. The van der Waals surface area contributed by atoms with Crippen LogP contribution < -0.4 is 5.32 Å². The second-order valence-corrected chi connectivity index (χ2v) is 8.51. The van der Waals surface area contributed by atoms with Gasteiger partial charge in [-0.1, -0.05) is 72.9 Å². The van der Waals surface area contributed by atoms with Gasteiger partial charge in [0, 0.05) is 22.6 Å². The van der Waals surface area contributed by atoms with Crippen LogP contribution in [0.5, 0.6) is 0 Å². The van der Waals surface area contributed by atoms with Crippen molar-refractivity contribution >= 4 is 35.0 Å². The molecular weight excluding hydrogens is 419 g/mol. The van der Waals surface area contributed by atoms with Gasteiger partial charge >= 0.3 is 0 Å². The molecule has 2 atom stereocenters. The van der Waals surface area contributed by atoms with E-state index in [2.05, 4.69) is 5.32 Å². The van der Waals surface area contributed by atoms with Crippen molar-refractivity contribution in [1.82, 2.24) is 10.2 Å². The van der Waals surface area contributed by atoms with E-state index >= 15 is 0 Å². The Kier molecular flexibility index (Phi) is 9.19. The highest BCUT2D eigenvalue weighted by molar-refractivity contribution is 6.35. The smallest absolute Gasteiger partial charge is 0.243 e. The van der Waals surface area contributed by atoms with Gasteiger partial charge in [0.2, 0.25) is 11.8 Å². The Morgan fingerprint density at radius 3 is 2.40 bits per heavy atom. The van der Waals surface area contributed by atoms with E-state index in [-0.39, 0.29) is 30.8 Å². The van der Waals surface area contributed by atoms with Gasteiger partial charge in [0.05, 0.1) is 6.42 Å². The normalized spacial score (nSPS) is 12.9. The third-order valence-electron chi connectivity index (χ3n) is 5.18. The van der Waals surface area contributed by atoms with E-state index in [1.54, 1.807) is 23.1 Å². The molecule has 0 aliphatic carbocycles. The van der Waals surface area contributed by atoms with Gasteiger partial charge in [0.25, 0.3) is 0 Å². The number of amides is 2. The van der Waals surface area contributed by atoms with Crippen molar-refractivity contribution in [2.75, 3.05) is 0 Å². The highest BCUT2D eigenvalue weighted by Crippen LogP contribution is 2.24. The Balaban J connectivity index is 2.34. The van der Waals surface area contributed by atoms with Crippen LogP contribution in [-0.2, 0) is 22.6 Å². The molecule has 0 aliphatic rings. The number of hydrogen-bond donors (Lipinski definition) is 1. The average Bonchev–Trinajstić information content (AvgIpc) is 2.69. The number of aryl methyl sites for hydroxylation is 1. The maximum absolute atomic E-state index is 13.3. The molecule has 0 spiro atoms. The largest absolute Gasteiger partial charge is 0.352 e. The molecule has 0 saturated heterocycles. The molecule has 0 aromatic heterocycles. The fourth-order valence-corrected chi connectivity index (χ4v) is 3.76. The molecule has 2 aromatic carbocycles. The Morgan fingerprint density at radius 1 is 1.07 bits per heavy atom. The van der Waals surface area contributed by atoms with E-state index < -0.39 is 6.04 Å². The summed E-state index contributed by atoms with van der Waals surface area (Å²) >= 11 is 12.4. The van der Waals surface area contributed by atoms with E-state index in [0.717, 1.165) is 23.1 Å². The molecule has 30 heavy (non-hydrogen) atoms. The minimum atomic E-state index is -0.581. The van der Waals surface area contributed by atoms with Gasteiger partial charge in [-0.05, 0) is 49.9 Å². The van der Waals surface area contributed by atoms with Crippen molar-refractivity contribution in [2.24, 2.45) is 0 Å². The molecule has 2 rings (SSSR count). The number of rotatable bonds is 9. The van der Waals surface area contributed by atoms with Crippen LogP contribution in [0.4, 0.5) is 0 Å². The second kappa shape index (κ2) is 11.4. The molecule has 6 heteroatoms. The maximum atomic E-state index is 13.3. The van der Waals surface area contributed by atoms with Gasteiger partial charge < -0.3 is 10.2 Å². The maximum Gasteiger partial charge on any atom is 0.243 e. The quantitative estimate of drug-likeness (QED) is 0.545. The zero-order valence-electron chi connectivity index (χ0n) is 18.0. The highest BCUT2D eigenvalue weighted by Gasteiger charge is 2.29. The zero-order chi connectivity index (χ0) is 22.3. The van der Waals surface area contributed by atoms with E-state index in [0.29, 0.717) is 16.5 Å². The summed E-state index contributed by atoms with van der Waals surface area (Å²) in [6.07, 6.45) is 1.55. The lowest BCUT2D eigenvalue weighted by atomic mass is 10.0. The first-order valence-corrected chi connectivity index (χ1v) is 11.1. The number of nitrogens with zero attached hydrogens (tertiary/aromatic N) is 1. The third-order valence-corrected chi connectivity index (χ3v) is 5.77. The van der Waals surface area contributed by atoms with Crippen molar-refractivity contribution in [3.05, 3.63) is 69.2 Å². The third kappa shape index (κ3) is 6.75. The molecule has 0 bridgehead atoms. The summed E-state index contributed by atoms with van der Waals surface area (Å²) in [5.41, 5.74) is 2.77. The van der Waals surface area contributed by atoms with Crippen molar-refractivity contribution < 1.29 is 9.59 Å². The number of benzene rings is 2. The fourth-order valence-electron chi connectivity index (χ4n) is 3.29. The molecule has 0 heterocycles. The van der Waals surface area contributed by atoms with E-state index in [1.807, 2.05) is 52.0 Å². The predicted octanol–water partition coefficient (Wildman–Crippen LogP) is 5.57. The summed E-state index contributed by atoms with van der Waals surface area (Å²) in [5.74, 6) is -0.257. The Labute approximate surface area is 189 Å². The monoisotopic (exact) mass is 448 g/mol. The van der Waals surface area contributed by atoms with E-state index in [1.165, 1.54) is 0 Å².